The minimum Gasteiger partial charge on any atom is -0.490 e. The molecule has 2 aliphatic rings. The van der Waals surface area contributed by atoms with Crippen molar-refractivity contribution in [2.45, 2.75) is 31.9 Å². The molecule has 1 aromatic rings. The highest BCUT2D eigenvalue weighted by Gasteiger charge is 2.29. The predicted octanol–water partition coefficient (Wildman–Crippen LogP) is 2.84. The second-order valence-corrected chi connectivity index (χ2v) is 5.29. The summed E-state index contributed by atoms with van der Waals surface area (Å²) in [6.07, 6.45) is 5.15. The van der Waals surface area contributed by atoms with Gasteiger partial charge in [0.1, 0.15) is 12.4 Å². The lowest BCUT2D eigenvalue weighted by Crippen LogP contribution is -2.42. The van der Waals surface area contributed by atoms with Crippen LogP contribution in [0, 0.1) is 0 Å². The van der Waals surface area contributed by atoms with Crippen LogP contribution < -0.4 is 5.32 Å². The van der Waals surface area contributed by atoms with Gasteiger partial charge in [0.2, 0.25) is 6.10 Å². The van der Waals surface area contributed by atoms with Crippen molar-refractivity contribution in [3.05, 3.63) is 59.6 Å². The van der Waals surface area contributed by atoms with E-state index in [1.54, 1.807) is 0 Å². The van der Waals surface area contributed by atoms with Crippen molar-refractivity contribution < 1.29 is 14.3 Å². The molecule has 0 bridgehead atoms. The lowest BCUT2D eigenvalue weighted by molar-refractivity contribution is -0.136. The fourth-order valence-corrected chi connectivity index (χ4v) is 2.49. The molecule has 1 heterocycles. The maximum Gasteiger partial charge on any atom is 0.265 e. The number of hydrogen-bond acceptors (Lipinski definition) is 3. The van der Waals surface area contributed by atoms with Crippen molar-refractivity contribution in [3.8, 4) is 0 Å². The number of rotatable bonds is 3. The summed E-state index contributed by atoms with van der Waals surface area (Å²) in [6, 6.07) is 9.81. The standard InChI is InChI=1S/C17H19NO3/c1-12(13-7-3-2-4-8-13)18-17(19)16-11-20-14-9-5-6-10-15(14)21-16/h2-4,6-8,10,12,16H,5,9,11H2,1H3,(H,18,19)/t12-,16-/m0/s1. The second-order valence-electron chi connectivity index (χ2n) is 5.29. The molecular weight excluding hydrogens is 266 g/mol. The molecule has 1 aliphatic carbocycles. The predicted molar refractivity (Wildman–Crippen MR) is 79.2 cm³/mol. The maximum absolute atomic E-state index is 12.3. The molecule has 0 saturated heterocycles. The van der Waals surface area contributed by atoms with E-state index in [1.165, 1.54) is 0 Å². The summed E-state index contributed by atoms with van der Waals surface area (Å²) < 4.78 is 11.4. The van der Waals surface area contributed by atoms with Gasteiger partial charge in [-0.3, -0.25) is 4.79 Å². The summed E-state index contributed by atoms with van der Waals surface area (Å²) in [5, 5.41) is 2.97. The number of amides is 1. The monoisotopic (exact) mass is 285 g/mol. The normalized spacial score (nSPS) is 21.9. The summed E-state index contributed by atoms with van der Waals surface area (Å²) in [5.41, 5.74) is 1.07. The number of carbonyl (C=O) groups is 1. The number of carbonyl (C=O) groups excluding carboxylic acids is 1. The maximum atomic E-state index is 12.3. The zero-order chi connectivity index (χ0) is 14.7. The van der Waals surface area contributed by atoms with Crippen molar-refractivity contribution in [1.82, 2.24) is 5.32 Å². The fourth-order valence-electron chi connectivity index (χ4n) is 2.49. The summed E-state index contributed by atoms with van der Waals surface area (Å²) in [5.74, 6) is 1.41. The van der Waals surface area contributed by atoms with E-state index in [0.29, 0.717) is 5.76 Å². The van der Waals surface area contributed by atoms with Crippen molar-refractivity contribution in [1.29, 1.82) is 0 Å². The van der Waals surface area contributed by atoms with Crippen LogP contribution in [0.1, 0.15) is 31.4 Å². The van der Waals surface area contributed by atoms with Crippen molar-refractivity contribution in [2.24, 2.45) is 0 Å². The van der Waals surface area contributed by atoms with Gasteiger partial charge in [0.15, 0.2) is 5.76 Å². The largest absolute Gasteiger partial charge is 0.490 e. The van der Waals surface area contributed by atoms with Crippen molar-refractivity contribution in [2.75, 3.05) is 6.61 Å². The molecular formula is C17H19NO3. The highest BCUT2D eigenvalue weighted by molar-refractivity contribution is 5.81. The Hall–Kier alpha value is -2.23. The molecule has 1 amide bonds. The van der Waals surface area contributed by atoms with E-state index in [9.17, 15) is 4.79 Å². The van der Waals surface area contributed by atoms with Crippen LogP contribution in [0.4, 0.5) is 0 Å². The van der Waals surface area contributed by atoms with E-state index in [2.05, 4.69) is 5.32 Å². The first-order valence-electron chi connectivity index (χ1n) is 7.28. The second kappa shape index (κ2) is 6.04. The molecule has 1 aromatic carbocycles. The average molecular weight is 285 g/mol. The lowest BCUT2D eigenvalue weighted by Gasteiger charge is -2.29. The van der Waals surface area contributed by atoms with Gasteiger partial charge < -0.3 is 14.8 Å². The van der Waals surface area contributed by atoms with E-state index >= 15 is 0 Å². The molecule has 0 radical (unpaired) electrons. The molecule has 0 spiro atoms. The van der Waals surface area contributed by atoms with E-state index < -0.39 is 6.10 Å². The minimum absolute atomic E-state index is 0.0559. The topological polar surface area (TPSA) is 47.6 Å². The Morgan fingerprint density at radius 1 is 1.33 bits per heavy atom. The first-order valence-corrected chi connectivity index (χ1v) is 7.28. The van der Waals surface area contributed by atoms with Crippen molar-refractivity contribution in [3.63, 3.8) is 0 Å². The van der Waals surface area contributed by atoms with E-state index in [0.717, 1.165) is 24.2 Å². The third-order valence-electron chi connectivity index (χ3n) is 3.71. The van der Waals surface area contributed by atoms with Gasteiger partial charge in [-0.2, -0.15) is 0 Å². The third kappa shape index (κ3) is 3.10. The van der Waals surface area contributed by atoms with Crippen LogP contribution in [0.3, 0.4) is 0 Å². The Labute approximate surface area is 124 Å². The summed E-state index contributed by atoms with van der Waals surface area (Å²) in [4.78, 5) is 12.3. The smallest absolute Gasteiger partial charge is 0.265 e. The van der Waals surface area contributed by atoms with E-state index in [1.807, 2.05) is 49.4 Å². The molecule has 3 rings (SSSR count). The van der Waals surface area contributed by atoms with Crippen LogP contribution >= 0.6 is 0 Å². The molecule has 0 aromatic heterocycles. The van der Waals surface area contributed by atoms with Gasteiger partial charge in [-0.05, 0) is 25.0 Å². The molecule has 4 heteroatoms. The zero-order valence-corrected chi connectivity index (χ0v) is 12.0. The molecule has 0 saturated carbocycles. The quantitative estimate of drug-likeness (QED) is 0.929. The van der Waals surface area contributed by atoms with Crippen LogP contribution in [0.5, 0.6) is 0 Å². The first kappa shape index (κ1) is 13.7. The number of ether oxygens (including phenoxy) is 2. The molecule has 2 atom stereocenters. The number of hydrogen-bond donors (Lipinski definition) is 1. The van der Waals surface area contributed by atoms with Gasteiger partial charge in [-0.1, -0.05) is 36.4 Å². The highest BCUT2D eigenvalue weighted by atomic mass is 16.6. The van der Waals surface area contributed by atoms with Crippen LogP contribution in [-0.4, -0.2) is 18.6 Å². The Bertz CT molecular complexity index is 577. The Kier molecular flexibility index (Phi) is 3.95. The van der Waals surface area contributed by atoms with E-state index in [4.69, 9.17) is 9.47 Å². The van der Waals surface area contributed by atoms with Gasteiger partial charge in [-0.25, -0.2) is 0 Å². The summed E-state index contributed by atoms with van der Waals surface area (Å²) in [7, 11) is 0. The van der Waals surface area contributed by atoms with Gasteiger partial charge in [0.25, 0.3) is 5.91 Å². The lowest BCUT2D eigenvalue weighted by atomic mass is 10.1. The van der Waals surface area contributed by atoms with Gasteiger partial charge in [-0.15, -0.1) is 0 Å². The van der Waals surface area contributed by atoms with Crippen LogP contribution in [0.25, 0.3) is 0 Å². The molecule has 0 unspecified atom stereocenters. The number of benzene rings is 1. The molecule has 110 valence electrons. The summed E-state index contributed by atoms with van der Waals surface area (Å²) >= 11 is 0. The Morgan fingerprint density at radius 2 is 2.14 bits per heavy atom. The van der Waals surface area contributed by atoms with Crippen LogP contribution in [0.2, 0.25) is 0 Å². The van der Waals surface area contributed by atoms with Gasteiger partial charge in [0, 0.05) is 6.42 Å². The molecule has 4 nitrogen and oxygen atoms in total. The van der Waals surface area contributed by atoms with E-state index in [-0.39, 0.29) is 18.6 Å². The Balaban J connectivity index is 1.62. The highest BCUT2D eigenvalue weighted by Crippen LogP contribution is 2.26. The fraction of sp³-hybridized carbons (Fsp3) is 0.353. The van der Waals surface area contributed by atoms with Crippen LogP contribution in [0.15, 0.2) is 54.0 Å². The van der Waals surface area contributed by atoms with Crippen LogP contribution in [-0.2, 0) is 14.3 Å². The summed E-state index contributed by atoms with van der Waals surface area (Å²) in [6.45, 7) is 2.24. The SMILES string of the molecule is C[C@H](NC(=O)[C@@H]1COC2=C(C=CCC2)O1)c1ccccc1. The number of nitrogens with one attached hydrogen (secondary N) is 1. The van der Waals surface area contributed by atoms with Gasteiger partial charge in [0.05, 0.1) is 6.04 Å². The van der Waals surface area contributed by atoms with Gasteiger partial charge >= 0.3 is 0 Å². The van der Waals surface area contributed by atoms with Crippen molar-refractivity contribution >= 4 is 5.91 Å². The average Bonchev–Trinajstić information content (AvgIpc) is 2.55. The molecule has 21 heavy (non-hydrogen) atoms. The third-order valence-corrected chi connectivity index (χ3v) is 3.71. The zero-order valence-electron chi connectivity index (χ0n) is 12.0. The molecule has 1 aliphatic heterocycles. The Morgan fingerprint density at radius 3 is 2.95 bits per heavy atom. The number of allylic oxidation sites excluding steroid dienone is 3. The molecule has 1 N–H and O–H groups in total. The molecule has 0 fully saturated rings. The first-order chi connectivity index (χ1) is 10.2. The minimum atomic E-state index is -0.585.